The summed E-state index contributed by atoms with van der Waals surface area (Å²) in [7, 11) is 0. The zero-order valence-corrected chi connectivity index (χ0v) is 15.5. The fourth-order valence-corrected chi connectivity index (χ4v) is 2.95. The molecule has 1 aromatic heterocycles. The van der Waals surface area contributed by atoms with Crippen LogP contribution in [0.5, 0.6) is 0 Å². The van der Waals surface area contributed by atoms with E-state index in [0.29, 0.717) is 18.6 Å². The molecule has 0 radical (unpaired) electrons. The van der Waals surface area contributed by atoms with E-state index in [9.17, 15) is 9.90 Å². The van der Waals surface area contributed by atoms with Crippen molar-refractivity contribution in [3.05, 3.63) is 33.8 Å². The number of carbonyl (C=O) groups is 1. The molecule has 0 fully saturated rings. The average Bonchev–Trinajstić information content (AvgIpc) is 2.95. The maximum Gasteiger partial charge on any atom is 0.135 e. The van der Waals surface area contributed by atoms with Crippen LogP contribution in [-0.4, -0.2) is 22.0 Å². The zero-order chi connectivity index (χ0) is 17.2. The highest BCUT2D eigenvalue weighted by Crippen LogP contribution is 2.15. The molecule has 0 aliphatic heterocycles. The Bertz CT molecular complexity index is 545. The van der Waals surface area contributed by atoms with Gasteiger partial charge in [0.1, 0.15) is 5.78 Å². The molecule has 23 heavy (non-hydrogen) atoms. The lowest BCUT2D eigenvalue weighted by Gasteiger charge is -2.09. The van der Waals surface area contributed by atoms with Crippen LogP contribution in [0.4, 0.5) is 0 Å². The van der Waals surface area contributed by atoms with Gasteiger partial charge in [-0.15, -0.1) is 11.3 Å². The van der Waals surface area contributed by atoms with Gasteiger partial charge in [-0.25, -0.2) is 4.98 Å². The SMILES string of the molecule is CCC(=O)[C@@H](C)CCC/C(C)=C\C[C@H](O)/C=C/c1csc(C)n1. The monoisotopic (exact) mass is 335 g/mol. The first-order valence-corrected chi connectivity index (χ1v) is 9.27. The van der Waals surface area contributed by atoms with Crippen molar-refractivity contribution >= 4 is 23.2 Å². The fraction of sp³-hybridized carbons (Fsp3) is 0.579. The van der Waals surface area contributed by atoms with Crippen molar-refractivity contribution in [2.45, 2.75) is 65.9 Å². The van der Waals surface area contributed by atoms with Crippen LogP contribution in [0.3, 0.4) is 0 Å². The van der Waals surface area contributed by atoms with Crippen molar-refractivity contribution in [1.82, 2.24) is 4.98 Å². The number of hydrogen-bond donors (Lipinski definition) is 1. The van der Waals surface area contributed by atoms with Crippen LogP contribution < -0.4 is 0 Å². The van der Waals surface area contributed by atoms with Crippen molar-refractivity contribution in [3.8, 4) is 0 Å². The van der Waals surface area contributed by atoms with Gasteiger partial charge in [-0.2, -0.15) is 0 Å². The number of ketones is 1. The number of rotatable bonds is 10. The first-order valence-electron chi connectivity index (χ1n) is 8.39. The second-order valence-corrected chi connectivity index (χ2v) is 7.18. The normalized spacial score (nSPS) is 15.1. The minimum Gasteiger partial charge on any atom is -0.389 e. The van der Waals surface area contributed by atoms with Gasteiger partial charge in [0.05, 0.1) is 16.8 Å². The van der Waals surface area contributed by atoms with Crippen LogP contribution in [0, 0.1) is 12.8 Å². The summed E-state index contributed by atoms with van der Waals surface area (Å²) in [5, 5.41) is 13.0. The molecule has 0 aromatic carbocycles. The Balaban J connectivity index is 2.29. The van der Waals surface area contributed by atoms with E-state index in [-0.39, 0.29) is 5.92 Å². The van der Waals surface area contributed by atoms with E-state index >= 15 is 0 Å². The molecular weight excluding hydrogens is 306 g/mol. The zero-order valence-electron chi connectivity index (χ0n) is 14.7. The van der Waals surface area contributed by atoms with Crippen molar-refractivity contribution in [1.29, 1.82) is 0 Å². The molecule has 1 aromatic rings. The highest BCUT2D eigenvalue weighted by molar-refractivity contribution is 7.09. The summed E-state index contributed by atoms with van der Waals surface area (Å²) in [5.74, 6) is 0.521. The van der Waals surface area contributed by atoms with E-state index < -0.39 is 6.10 Å². The molecular formula is C19H29NO2S. The number of Topliss-reactive ketones (excluding diaryl/α,β-unsaturated/α-hetero) is 1. The standard InChI is InChI=1S/C19H29NO2S/c1-5-19(22)15(3)8-6-7-14(2)9-11-18(21)12-10-17-13-23-16(4)20-17/h9-10,12-13,15,18,21H,5-8,11H2,1-4H3/b12-10+,14-9-/t15-,18-/m0/s1. The number of aromatic nitrogens is 1. The van der Waals surface area contributed by atoms with E-state index in [4.69, 9.17) is 0 Å². The van der Waals surface area contributed by atoms with Gasteiger partial charge in [-0.05, 0) is 45.6 Å². The number of carbonyl (C=O) groups excluding carboxylic acids is 1. The second kappa shape index (κ2) is 10.5. The molecule has 1 rings (SSSR count). The van der Waals surface area contributed by atoms with Crippen LogP contribution in [0.15, 0.2) is 23.1 Å². The van der Waals surface area contributed by atoms with Gasteiger partial charge >= 0.3 is 0 Å². The first kappa shape index (κ1) is 19.8. The number of aliphatic hydroxyl groups is 1. The third kappa shape index (κ3) is 8.24. The maximum atomic E-state index is 11.5. The third-order valence-corrected chi connectivity index (χ3v) is 4.73. The van der Waals surface area contributed by atoms with Gasteiger partial charge in [0.15, 0.2) is 0 Å². The lowest BCUT2D eigenvalue weighted by molar-refractivity contribution is -0.122. The largest absolute Gasteiger partial charge is 0.389 e. The Kier molecular flexibility index (Phi) is 9.03. The molecule has 0 aliphatic rings. The Hall–Kier alpha value is -1.26. The van der Waals surface area contributed by atoms with E-state index in [1.165, 1.54) is 5.57 Å². The van der Waals surface area contributed by atoms with E-state index in [0.717, 1.165) is 30.0 Å². The molecule has 0 saturated carbocycles. The van der Waals surface area contributed by atoms with Crippen molar-refractivity contribution in [2.75, 3.05) is 0 Å². The Morgan fingerprint density at radius 1 is 1.48 bits per heavy atom. The summed E-state index contributed by atoms with van der Waals surface area (Å²) in [4.78, 5) is 15.9. The van der Waals surface area contributed by atoms with Crippen molar-refractivity contribution < 1.29 is 9.90 Å². The predicted molar refractivity (Wildman–Crippen MR) is 98.6 cm³/mol. The van der Waals surface area contributed by atoms with Crippen LogP contribution in [0.2, 0.25) is 0 Å². The molecule has 0 aliphatic carbocycles. The van der Waals surface area contributed by atoms with Crippen LogP contribution in [-0.2, 0) is 4.79 Å². The van der Waals surface area contributed by atoms with Gasteiger partial charge in [0.2, 0.25) is 0 Å². The van der Waals surface area contributed by atoms with Crippen molar-refractivity contribution in [3.63, 3.8) is 0 Å². The molecule has 0 saturated heterocycles. The molecule has 1 N–H and O–H groups in total. The van der Waals surface area contributed by atoms with Gasteiger partial charge in [0, 0.05) is 17.7 Å². The van der Waals surface area contributed by atoms with Crippen LogP contribution in [0.25, 0.3) is 6.08 Å². The number of thiazole rings is 1. The number of hydrogen-bond acceptors (Lipinski definition) is 4. The molecule has 0 unspecified atom stereocenters. The molecule has 0 bridgehead atoms. The van der Waals surface area contributed by atoms with E-state index in [1.54, 1.807) is 17.4 Å². The Morgan fingerprint density at radius 3 is 2.83 bits per heavy atom. The summed E-state index contributed by atoms with van der Waals surface area (Å²) in [6.45, 7) is 8.00. The number of aryl methyl sites for hydroxylation is 1. The summed E-state index contributed by atoms with van der Waals surface area (Å²) < 4.78 is 0. The van der Waals surface area contributed by atoms with E-state index in [2.05, 4.69) is 18.0 Å². The number of aliphatic hydroxyl groups excluding tert-OH is 1. The fourth-order valence-electron chi connectivity index (χ4n) is 2.37. The smallest absolute Gasteiger partial charge is 0.135 e. The summed E-state index contributed by atoms with van der Waals surface area (Å²) in [6, 6.07) is 0. The Labute approximate surface area is 144 Å². The minimum absolute atomic E-state index is 0.169. The van der Waals surface area contributed by atoms with Crippen LogP contribution >= 0.6 is 11.3 Å². The molecule has 2 atom stereocenters. The maximum absolute atomic E-state index is 11.5. The lowest BCUT2D eigenvalue weighted by Crippen LogP contribution is -2.09. The minimum atomic E-state index is -0.479. The highest BCUT2D eigenvalue weighted by atomic mass is 32.1. The average molecular weight is 336 g/mol. The van der Waals surface area contributed by atoms with Crippen molar-refractivity contribution in [2.24, 2.45) is 5.92 Å². The molecule has 0 amide bonds. The lowest BCUT2D eigenvalue weighted by atomic mass is 9.96. The van der Waals surface area contributed by atoms with Gasteiger partial charge in [-0.3, -0.25) is 4.79 Å². The van der Waals surface area contributed by atoms with Gasteiger partial charge < -0.3 is 5.11 Å². The second-order valence-electron chi connectivity index (χ2n) is 6.12. The summed E-state index contributed by atoms with van der Waals surface area (Å²) in [5.41, 5.74) is 2.18. The third-order valence-electron chi connectivity index (χ3n) is 3.94. The quantitative estimate of drug-likeness (QED) is 0.616. The molecule has 128 valence electrons. The molecule has 3 nitrogen and oxygen atoms in total. The summed E-state index contributed by atoms with van der Waals surface area (Å²) in [6.07, 6.45) is 9.49. The predicted octanol–water partition coefficient (Wildman–Crippen LogP) is 4.95. The van der Waals surface area contributed by atoms with Crippen LogP contribution in [0.1, 0.15) is 63.6 Å². The molecule has 4 heteroatoms. The van der Waals surface area contributed by atoms with E-state index in [1.807, 2.05) is 32.2 Å². The molecule has 0 spiro atoms. The Morgan fingerprint density at radius 2 is 2.22 bits per heavy atom. The summed E-state index contributed by atoms with van der Waals surface area (Å²) >= 11 is 1.61. The molecule has 1 heterocycles. The number of allylic oxidation sites excluding steroid dienone is 1. The first-order chi connectivity index (χ1) is 10.9. The topological polar surface area (TPSA) is 50.2 Å². The van der Waals surface area contributed by atoms with Gasteiger partial charge in [-0.1, -0.05) is 31.6 Å². The number of nitrogens with zero attached hydrogens (tertiary/aromatic N) is 1. The highest BCUT2D eigenvalue weighted by Gasteiger charge is 2.09. The van der Waals surface area contributed by atoms with Gasteiger partial charge in [0.25, 0.3) is 0 Å².